The average Bonchev–Trinajstić information content (AvgIpc) is 3.16. The summed E-state index contributed by atoms with van der Waals surface area (Å²) in [6, 6.07) is 15.9. The number of ether oxygens (including phenoxy) is 1. The molecule has 1 heterocycles. The van der Waals surface area contributed by atoms with Crippen molar-refractivity contribution in [2.24, 2.45) is 5.92 Å². The van der Waals surface area contributed by atoms with Gasteiger partial charge >= 0.3 is 5.97 Å². The first-order valence-electron chi connectivity index (χ1n) is 9.77. The van der Waals surface area contributed by atoms with E-state index >= 15 is 0 Å². The number of carbonyl (C=O) groups is 1. The minimum absolute atomic E-state index is 0.0673. The van der Waals surface area contributed by atoms with Crippen molar-refractivity contribution in [1.29, 1.82) is 0 Å². The molecule has 0 spiro atoms. The second kappa shape index (κ2) is 7.53. The number of rotatable bonds is 4. The molecular formula is C23H27NO2. The van der Waals surface area contributed by atoms with E-state index in [2.05, 4.69) is 47.8 Å². The quantitative estimate of drug-likeness (QED) is 0.775. The van der Waals surface area contributed by atoms with Crippen molar-refractivity contribution in [3.63, 3.8) is 0 Å². The summed E-state index contributed by atoms with van der Waals surface area (Å²) >= 11 is 0. The van der Waals surface area contributed by atoms with E-state index in [1.165, 1.54) is 47.9 Å². The highest BCUT2D eigenvalue weighted by Crippen LogP contribution is 2.38. The largest absolute Gasteiger partial charge is 0.469 e. The first-order chi connectivity index (χ1) is 12.7. The van der Waals surface area contributed by atoms with Gasteiger partial charge in [-0.1, -0.05) is 30.3 Å². The predicted octanol–water partition coefficient (Wildman–Crippen LogP) is 5.16. The second-order valence-electron chi connectivity index (χ2n) is 7.67. The Hall–Kier alpha value is -2.29. The van der Waals surface area contributed by atoms with E-state index in [-0.39, 0.29) is 5.97 Å². The van der Waals surface area contributed by atoms with Crippen molar-refractivity contribution in [1.82, 2.24) is 0 Å². The highest BCUT2D eigenvalue weighted by molar-refractivity contribution is 5.70. The van der Waals surface area contributed by atoms with Crippen molar-refractivity contribution < 1.29 is 9.53 Å². The third-order valence-electron chi connectivity index (χ3n) is 6.06. The van der Waals surface area contributed by atoms with Crippen LogP contribution in [-0.4, -0.2) is 19.6 Å². The van der Waals surface area contributed by atoms with Gasteiger partial charge < -0.3 is 10.1 Å². The molecule has 1 aliphatic heterocycles. The van der Waals surface area contributed by atoms with Gasteiger partial charge in [-0.2, -0.15) is 0 Å². The van der Waals surface area contributed by atoms with Gasteiger partial charge in [0, 0.05) is 18.7 Å². The van der Waals surface area contributed by atoms with E-state index in [4.69, 9.17) is 4.74 Å². The van der Waals surface area contributed by atoms with Crippen LogP contribution in [0.15, 0.2) is 42.5 Å². The molecule has 2 aliphatic rings. The molecule has 4 rings (SSSR count). The van der Waals surface area contributed by atoms with Crippen molar-refractivity contribution in [2.75, 3.05) is 19.0 Å². The summed E-state index contributed by atoms with van der Waals surface area (Å²) in [6.07, 6.45) is 6.29. The Morgan fingerprint density at radius 2 is 1.77 bits per heavy atom. The van der Waals surface area contributed by atoms with E-state index < -0.39 is 0 Å². The molecule has 1 aliphatic carbocycles. The molecule has 0 amide bonds. The topological polar surface area (TPSA) is 38.3 Å². The fourth-order valence-corrected chi connectivity index (χ4v) is 4.45. The molecular weight excluding hydrogens is 322 g/mol. The summed E-state index contributed by atoms with van der Waals surface area (Å²) in [6.45, 7) is 1.05. The van der Waals surface area contributed by atoms with E-state index in [0.29, 0.717) is 18.3 Å². The number of fused-ring (bicyclic) bond motifs is 1. The van der Waals surface area contributed by atoms with Crippen LogP contribution in [-0.2, 0) is 16.0 Å². The lowest BCUT2D eigenvalue weighted by Gasteiger charge is -2.28. The zero-order valence-corrected chi connectivity index (χ0v) is 15.5. The SMILES string of the molecule is COC(=O)CC1CCC(c2ccc(-c3ccc4c(c3)CCN4)cc2)CC1. The smallest absolute Gasteiger partial charge is 0.305 e. The number of hydrogen-bond acceptors (Lipinski definition) is 3. The van der Waals surface area contributed by atoms with Gasteiger partial charge in [0.1, 0.15) is 0 Å². The molecule has 2 aromatic rings. The zero-order valence-electron chi connectivity index (χ0n) is 15.5. The molecule has 1 fully saturated rings. The lowest BCUT2D eigenvalue weighted by atomic mass is 9.77. The van der Waals surface area contributed by atoms with Gasteiger partial charge in [0.2, 0.25) is 0 Å². The minimum Gasteiger partial charge on any atom is -0.469 e. The predicted molar refractivity (Wildman–Crippen MR) is 105 cm³/mol. The Labute approximate surface area is 155 Å². The summed E-state index contributed by atoms with van der Waals surface area (Å²) in [5.74, 6) is 1.06. The van der Waals surface area contributed by atoms with E-state index in [9.17, 15) is 4.79 Å². The summed E-state index contributed by atoms with van der Waals surface area (Å²) in [4.78, 5) is 11.4. The number of carbonyl (C=O) groups excluding carboxylic acids is 1. The lowest BCUT2D eigenvalue weighted by Crippen LogP contribution is -2.17. The van der Waals surface area contributed by atoms with Crippen molar-refractivity contribution >= 4 is 11.7 Å². The molecule has 0 aromatic heterocycles. The fraction of sp³-hybridized carbons (Fsp3) is 0.435. The molecule has 0 saturated heterocycles. The van der Waals surface area contributed by atoms with Gasteiger partial charge in [-0.3, -0.25) is 4.79 Å². The van der Waals surface area contributed by atoms with Gasteiger partial charge in [0.05, 0.1) is 7.11 Å². The first kappa shape index (κ1) is 17.1. The van der Waals surface area contributed by atoms with Crippen molar-refractivity contribution in [2.45, 2.75) is 44.4 Å². The molecule has 0 bridgehead atoms. The number of esters is 1. The Morgan fingerprint density at radius 3 is 2.50 bits per heavy atom. The normalized spacial score (nSPS) is 21.7. The molecule has 3 heteroatoms. The molecule has 0 atom stereocenters. The van der Waals surface area contributed by atoms with Gasteiger partial charge in [-0.25, -0.2) is 0 Å². The van der Waals surface area contributed by atoms with Crippen LogP contribution in [0.1, 0.15) is 49.1 Å². The fourth-order valence-electron chi connectivity index (χ4n) is 4.45. The minimum atomic E-state index is -0.0673. The maximum absolute atomic E-state index is 11.4. The maximum Gasteiger partial charge on any atom is 0.305 e. The second-order valence-corrected chi connectivity index (χ2v) is 7.67. The Balaban J connectivity index is 1.40. The molecule has 0 radical (unpaired) electrons. The summed E-state index contributed by atoms with van der Waals surface area (Å²) in [7, 11) is 1.48. The van der Waals surface area contributed by atoms with Gasteiger partial charge in [-0.05, 0) is 78.3 Å². The van der Waals surface area contributed by atoms with Crippen LogP contribution < -0.4 is 5.32 Å². The Bertz CT molecular complexity index is 773. The number of nitrogens with one attached hydrogen (secondary N) is 1. The lowest BCUT2D eigenvalue weighted by molar-refractivity contribution is -0.142. The monoisotopic (exact) mass is 349 g/mol. The molecule has 0 unspecified atom stereocenters. The summed E-state index contributed by atoms with van der Waals surface area (Å²) < 4.78 is 4.80. The van der Waals surface area contributed by atoms with Crippen molar-refractivity contribution in [3.8, 4) is 11.1 Å². The number of anilines is 1. The molecule has 136 valence electrons. The first-order valence-corrected chi connectivity index (χ1v) is 9.77. The van der Waals surface area contributed by atoms with Crippen LogP contribution in [0.4, 0.5) is 5.69 Å². The maximum atomic E-state index is 11.4. The van der Waals surface area contributed by atoms with Crippen LogP contribution in [0.2, 0.25) is 0 Å². The highest BCUT2D eigenvalue weighted by atomic mass is 16.5. The van der Waals surface area contributed by atoms with Crippen LogP contribution in [0.3, 0.4) is 0 Å². The van der Waals surface area contributed by atoms with E-state index in [1.54, 1.807) is 0 Å². The van der Waals surface area contributed by atoms with Crippen LogP contribution >= 0.6 is 0 Å². The average molecular weight is 349 g/mol. The standard InChI is InChI=1S/C23H27NO2/c1-26-23(25)14-16-2-4-17(5-3-16)18-6-8-19(9-7-18)20-10-11-22-21(15-20)12-13-24-22/h6-11,15-17,24H,2-5,12-14H2,1H3. The van der Waals surface area contributed by atoms with Crippen LogP contribution in [0.25, 0.3) is 11.1 Å². The molecule has 1 N–H and O–H groups in total. The highest BCUT2D eigenvalue weighted by Gasteiger charge is 2.24. The Kier molecular flexibility index (Phi) is 4.96. The van der Waals surface area contributed by atoms with E-state index in [0.717, 1.165) is 25.8 Å². The molecule has 26 heavy (non-hydrogen) atoms. The Morgan fingerprint density at radius 1 is 1.04 bits per heavy atom. The zero-order chi connectivity index (χ0) is 17.9. The van der Waals surface area contributed by atoms with Gasteiger partial charge in [-0.15, -0.1) is 0 Å². The number of methoxy groups -OCH3 is 1. The van der Waals surface area contributed by atoms with Crippen molar-refractivity contribution in [3.05, 3.63) is 53.6 Å². The van der Waals surface area contributed by atoms with Crippen LogP contribution in [0, 0.1) is 5.92 Å². The van der Waals surface area contributed by atoms with Gasteiger partial charge in [0.15, 0.2) is 0 Å². The van der Waals surface area contributed by atoms with Gasteiger partial charge in [0.25, 0.3) is 0 Å². The summed E-state index contributed by atoms with van der Waals surface area (Å²) in [5.41, 5.74) is 6.75. The molecule has 1 saturated carbocycles. The third-order valence-corrected chi connectivity index (χ3v) is 6.06. The molecule has 3 nitrogen and oxygen atoms in total. The third kappa shape index (κ3) is 3.62. The van der Waals surface area contributed by atoms with E-state index in [1.807, 2.05) is 0 Å². The molecule has 2 aromatic carbocycles. The number of hydrogen-bond donors (Lipinski definition) is 1. The van der Waals surface area contributed by atoms with Crippen LogP contribution in [0.5, 0.6) is 0 Å². The number of benzene rings is 2. The summed E-state index contributed by atoms with van der Waals surface area (Å²) in [5, 5.41) is 3.42.